The molecule has 2 heterocycles. The van der Waals surface area contributed by atoms with Crippen molar-refractivity contribution >= 4 is 46.5 Å². The number of amides is 1. The smallest absolute Gasteiger partial charge is 0.250 e. The number of hydrogen-bond acceptors (Lipinski definition) is 4. The van der Waals surface area contributed by atoms with Crippen molar-refractivity contribution in [3.63, 3.8) is 0 Å². The van der Waals surface area contributed by atoms with E-state index in [-0.39, 0.29) is 10.6 Å². The van der Waals surface area contributed by atoms with Crippen LogP contribution in [0.25, 0.3) is 0 Å². The Bertz CT molecular complexity index is 835. The van der Waals surface area contributed by atoms with Crippen LogP contribution in [0.15, 0.2) is 24.4 Å². The predicted molar refractivity (Wildman–Crippen MR) is 95.1 cm³/mol. The number of aromatic nitrogens is 1. The van der Waals surface area contributed by atoms with E-state index in [0.717, 1.165) is 0 Å². The fourth-order valence-corrected chi connectivity index (χ4v) is 3.40. The maximum Gasteiger partial charge on any atom is 0.250 e. The quantitative estimate of drug-likeness (QED) is 0.789. The average molecular weight is 405 g/mol. The van der Waals surface area contributed by atoms with E-state index in [9.17, 15) is 9.18 Å². The maximum absolute atomic E-state index is 13.8. The zero-order valence-corrected chi connectivity index (χ0v) is 15.1. The Labute approximate surface area is 158 Å². The summed E-state index contributed by atoms with van der Waals surface area (Å²) in [4.78, 5) is 17.3. The van der Waals surface area contributed by atoms with E-state index in [1.165, 1.54) is 24.4 Å². The fourth-order valence-electron chi connectivity index (χ4n) is 2.61. The second-order valence-corrected chi connectivity index (χ2v) is 6.71. The third kappa shape index (κ3) is 3.82. The summed E-state index contributed by atoms with van der Waals surface area (Å²) in [5.41, 5.74) is 5.94. The molecule has 1 aromatic heterocycles. The van der Waals surface area contributed by atoms with Gasteiger partial charge in [-0.05, 0) is 18.2 Å². The van der Waals surface area contributed by atoms with Crippen molar-refractivity contribution in [2.24, 2.45) is 5.73 Å². The zero-order valence-electron chi connectivity index (χ0n) is 12.8. The van der Waals surface area contributed by atoms with Crippen molar-refractivity contribution < 1.29 is 13.9 Å². The number of benzene rings is 1. The van der Waals surface area contributed by atoms with Crippen LogP contribution in [0.1, 0.15) is 22.0 Å². The zero-order chi connectivity index (χ0) is 18.1. The lowest BCUT2D eigenvalue weighted by molar-refractivity contribution is 0.0394. The number of halogens is 4. The molecule has 1 aromatic carbocycles. The van der Waals surface area contributed by atoms with Gasteiger partial charge in [0, 0.05) is 29.9 Å². The van der Waals surface area contributed by atoms with Gasteiger partial charge in [-0.2, -0.15) is 0 Å². The Kier molecular flexibility index (Phi) is 5.34. The van der Waals surface area contributed by atoms with Crippen molar-refractivity contribution in [2.45, 2.75) is 6.10 Å². The second-order valence-electron chi connectivity index (χ2n) is 5.49. The number of primary amides is 1. The summed E-state index contributed by atoms with van der Waals surface area (Å²) >= 11 is 18.1. The number of carbonyl (C=O) groups excluding carboxylic acids is 1. The normalized spacial score (nSPS) is 17.6. The van der Waals surface area contributed by atoms with Crippen LogP contribution in [0.4, 0.5) is 10.2 Å². The highest BCUT2D eigenvalue weighted by Gasteiger charge is 2.27. The van der Waals surface area contributed by atoms with E-state index in [4.69, 9.17) is 45.3 Å². The molecule has 2 N–H and O–H groups in total. The highest BCUT2D eigenvalue weighted by Crippen LogP contribution is 2.34. The monoisotopic (exact) mass is 403 g/mol. The highest BCUT2D eigenvalue weighted by molar-refractivity contribution is 6.35. The van der Waals surface area contributed by atoms with Gasteiger partial charge in [-0.25, -0.2) is 9.37 Å². The SMILES string of the molecule is NC(=O)c1cnc(N2CCOC(c3cc(F)c(Cl)cc3Cl)C2)c(Cl)c1. The predicted octanol–water partition coefficient (Wildman–Crippen LogP) is 3.86. The first-order chi connectivity index (χ1) is 11.9. The number of nitrogens with zero attached hydrogens (tertiary/aromatic N) is 2. The summed E-state index contributed by atoms with van der Waals surface area (Å²) in [6.45, 7) is 1.27. The van der Waals surface area contributed by atoms with Gasteiger partial charge in [0.2, 0.25) is 5.91 Å². The molecule has 1 saturated heterocycles. The molecule has 3 rings (SSSR count). The standard InChI is InChI=1S/C16H13Cl3FN3O2/c17-10-5-11(18)13(20)4-9(10)14-7-23(1-2-25-14)16-12(19)3-8(6-22-16)15(21)24/h3-6,14H,1-2,7H2,(H2,21,24). The van der Waals surface area contributed by atoms with E-state index in [1.54, 1.807) is 0 Å². The number of hydrogen-bond donors (Lipinski definition) is 1. The molecule has 132 valence electrons. The lowest BCUT2D eigenvalue weighted by Gasteiger charge is -2.34. The molecule has 0 radical (unpaired) electrons. The third-order valence-corrected chi connectivity index (χ3v) is 4.75. The molecule has 0 bridgehead atoms. The Balaban J connectivity index is 1.87. The van der Waals surface area contributed by atoms with Crippen LogP contribution in [0.3, 0.4) is 0 Å². The molecular weight excluding hydrogens is 392 g/mol. The Morgan fingerprint density at radius 2 is 2.00 bits per heavy atom. The lowest BCUT2D eigenvalue weighted by Crippen LogP contribution is -2.39. The Hall–Kier alpha value is -1.60. The number of pyridine rings is 1. The molecule has 25 heavy (non-hydrogen) atoms. The number of rotatable bonds is 3. The van der Waals surface area contributed by atoms with Gasteiger partial charge in [-0.1, -0.05) is 34.8 Å². The first kappa shape index (κ1) is 18.2. The van der Waals surface area contributed by atoms with Crippen LogP contribution < -0.4 is 10.6 Å². The molecule has 2 aromatic rings. The van der Waals surface area contributed by atoms with Gasteiger partial charge in [0.05, 0.1) is 22.2 Å². The van der Waals surface area contributed by atoms with Crippen molar-refractivity contribution in [1.29, 1.82) is 0 Å². The largest absolute Gasteiger partial charge is 0.370 e. The fraction of sp³-hybridized carbons (Fsp3) is 0.250. The molecule has 1 atom stereocenters. The van der Waals surface area contributed by atoms with Gasteiger partial charge in [0.1, 0.15) is 17.7 Å². The Morgan fingerprint density at radius 1 is 1.24 bits per heavy atom. The summed E-state index contributed by atoms with van der Waals surface area (Å²) in [7, 11) is 0. The van der Waals surface area contributed by atoms with Crippen molar-refractivity contribution in [3.8, 4) is 0 Å². The molecule has 0 aliphatic carbocycles. The van der Waals surface area contributed by atoms with E-state index in [2.05, 4.69) is 4.98 Å². The lowest BCUT2D eigenvalue weighted by atomic mass is 10.1. The molecule has 0 spiro atoms. The summed E-state index contributed by atoms with van der Waals surface area (Å²) in [6.07, 6.45) is 0.893. The van der Waals surface area contributed by atoms with Crippen LogP contribution in [0, 0.1) is 5.82 Å². The summed E-state index contributed by atoms with van der Waals surface area (Å²) in [5, 5.41) is 0.569. The molecule has 1 unspecified atom stereocenters. The summed E-state index contributed by atoms with van der Waals surface area (Å²) in [5.74, 6) is -0.682. The van der Waals surface area contributed by atoms with E-state index in [0.29, 0.717) is 41.1 Å². The van der Waals surface area contributed by atoms with Gasteiger partial charge in [0.25, 0.3) is 0 Å². The highest BCUT2D eigenvalue weighted by atomic mass is 35.5. The van der Waals surface area contributed by atoms with E-state index < -0.39 is 17.8 Å². The number of nitrogens with two attached hydrogens (primary N) is 1. The Morgan fingerprint density at radius 3 is 2.68 bits per heavy atom. The molecule has 1 aliphatic heterocycles. The van der Waals surface area contributed by atoms with E-state index >= 15 is 0 Å². The van der Waals surface area contributed by atoms with E-state index in [1.807, 2.05) is 4.90 Å². The minimum Gasteiger partial charge on any atom is -0.370 e. The van der Waals surface area contributed by atoms with Crippen LogP contribution in [0.5, 0.6) is 0 Å². The molecule has 0 saturated carbocycles. The minimum atomic E-state index is -0.607. The van der Waals surface area contributed by atoms with Crippen molar-refractivity contribution in [3.05, 3.63) is 56.4 Å². The number of ether oxygens (including phenoxy) is 1. The molecule has 9 heteroatoms. The molecular formula is C16H13Cl3FN3O2. The van der Waals surface area contributed by atoms with Crippen LogP contribution in [0.2, 0.25) is 15.1 Å². The summed E-state index contributed by atoms with van der Waals surface area (Å²) < 4.78 is 19.5. The minimum absolute atomic E-state index is 0.0480. The second kappa shape index (κ2) is 7.33. The molecule has 5 nitrogen and oxygen atoms in total. The van der Waals surface area contributed by atoms with Gasteiger partial charge in [0.15, 0.2) is 0 Å². The summed E-state index contributed by atoms with van der Waals surface area (Å²) in [6, 6.07) is 4.08. The number of anilines is 1. The molecule has 1 amide bonds. The van der Waals surface area contributed by atoms with Crippen LogP contribution >= 0.6 is 34.8 Å². The van der Waals surface area contributed by atoms with Crippen molar-refractivity contribution in [2.75, 3.05) is 24.6 Å². The average Bonchev–Trinajstić information content (AvgIpc) is 2.58. The molecule has 1 aliphatic rings. The topological polar surface area (TPSA) is 68.5 Å². The van der Waals surface area contributed by atoms with Crippen molar-refractivity contribution in [1.82, 2.24) is 4.98 Å². The van der Waals surface area contributed by atoms with Gasteiger partial charge >= 0.3 is 0 Å². The number of morpholine rings is 1. The molecule has 1 fully saturated rings. The van der Waals surface area contributed by atoms with Gasteiger partial charge in [-0.15, -0.1) is 0 Å². The first-order valence-electron chi connectivity index (χ1n) is 7.33. The van der Waals surface area contributed by atoms with Gasteiger partial charge in [-0.3, -0.25) is 4.79 Å². The third-order valence-electron chi connectivity index (χ3n) is 3.86. The van der Waals surface area contributed by atoms with Crippen LogP contribution in [-0.2, 0) is 4.74 Å². The first-order valence-corrected chi connectivity index (χ1v) is 8.46. The van der Waals surface area contributed by atoms with Crippen LogP contribution in [-0.4, -0.2) is 30.6 Å². The van der Waals surface area contributed by atoms with Gasteiger partial charge < -0.3 is 15.4 Å². The number of carbonyl (C=O) groups is 1. The maximum atomic E-state index is 13.8.